The first-order valence-electron chi connectivity index (χ1n) is 39.1. The number of allylic oxidation sites excluding steroid dienone is 4. The molecule has 0 fully saturated rings. The highest BCUT2D eigenvalue weighted by Crippen LogP contribution is 2.20. The summed E-state index contributed by atoms with van der Waals surface area (Å²) in [6.07, 6.45) is 95.4. The lowest BCUT2D eigenvalue weighted by molar-refractivity contribution is -0.143. The monoisotopic (exact) mass is 1200 g/mol. The number of unbranched alkanes of at least 4 members (excludes halogenated alkanes) is 59. The molecule has 2 unspecified atom stereocenters. The van der Waals surface area contributed by atoms with E-state index in [1.54, 1.807) is 0 Å². The molecule has 0 rings (SSSR count). The molecule has 6 heteroatoms. The molecule has 0 spiro atoms. The van der Waals surface area contributed by atoms with E-state index in [-0.39, 0.29) is 18.5 Å². The smallest absolute Gasteiger partial charge is 0.305 e. The second-order valence-corrected chi connectivity index (χ2v) is 27.0. The van der Waals surface area contributed by atoms with Crippen molar-refractivity contribution in [2.45, 2.75) is 456 Å². The van der Waals surface area contributed by atoms with Crippen molar-refractivity contribution in [2.75, 3.05) is 13.2 Å². The van der Waals surface area contributed by atoms with Crippen molar-refractivity contribution in [3.63, 3.8) is 0 Å². The van der Waals surface area contributed by atoms with E-state index in [4.69, 9.17) is 4.74 Å². The predicted octanol–water partition coefficient (Wildman–Crippen LogP) is 25.7. The van der Waals surface area contributed by atoms with Crippen molar-refractivity contribution in [3.8, 4) is 0 Å². The number of hydrogen-bond acceptors (Lipinski definition) is 5. The highest BCUT2D eigenvalue weighted by atomic mass is 16.5. The van der Waals surface area contributed by atoms with Crippen molar-refractivity contribution in [2.24, 2.45) is 0 Å². The molecule has 85 heavy (non-hydrogen) atoms. The standard InChI is InChI=1S/C79H153NO5/c1-3-5-7-9-11-13-15-17-19-20-21-22-23-28-31-34-37-40-44-47-51-55-59-63-67-71-77(82)76(75-81)80-78(83)72-68-64-60-56-52-48-45-41-38-35-32-29-26-24-25-27-30-33-36-39-42-46-50-54-58-62-66-70-74-85-79(84)73-69-65-61-57-53-49-43-18-16-14-12-10-8-6-4-2/h18,24-25,43,76-77,81-82H,3-17,19-23,26-42,44-75H2,1-2H3,(H,80,83)/b25-24-,43-18-. The summed E-state index contributed by atoms with van der Waals surface area (Å²) in [6, 6.07) is -0.543. The minimum absolute atomic E-state index is 0.00900. The third kappa shape index (κ3) is 71.3. The number of esters is 1. The summed E-state index contributed by atoms with van der Waals surface area (Å²) in [6.45, 7) is 4.99. The Morgan fingerprint density at radius 3 is 0.835 bits per heavy atom. The number of rotatable bonds is 74. The molecule has 504 valence electrons. The van der Waals surface area contributed by atoms with Gasteiger partial charge in [-0.05, 0) is 77.0 Å². The molecule has 0 radical (unpaired) electrons. The number of nitrogens with one attached hydrogen (secondary N) is 1. The molecule has 0 aromatic heterocycles. The molecule has 3 N–H and O–H groups in total. The summed E-state index contributed by atoms with van der Waals surface area (Å²) in [4.78, 5) is 24.7. The fourth-order valence-corrected chi connectivity index (χ4v) is 12.5. The van der Waals surface area contributed by atoms with Gasteiger partial charge in [-0.1, -0.05) is 378 Å². The Bertz CT molecular complexity index is 1330. The van der Waals surface area contributed by atoms with Gasteiger partial charge in [0.1, 0.15) is 0 Å². The molecule has 0 heterocycles. The zero-order valence-corrected chi connectivity index (χ0v) is 57.9. The fraction of sp³-hybridized carbons (Fsp3) is 0.924. The number of aliphatic hydroxyl groups excluding tert-OH is 2. The minimum Gasteiger partial charge on any atom is -0.466 e. The van der Waals surface area contributed by atoms with Crippen LogP contribution in [0.1, 0.15) is 444 Å². The van der Waals surface area contributed by atoms with Crippen LogP contribution in [0.2, 0.25) is 0 Å². The van der Waals surface area contributed by atoms with E-state index in [1.165, 1.54) is 366 Å². The van der Waals surface area contributed by atoms with Crippen LogP contribution in [0.5, 0.6) is 0 Å². The summed E-state index contributed by atoms with van der Waals surface area (Å²) in [7, 11) is 0. The summed E-state index contributed by atoms with van der Waals surface area (Å²) >= 11 is 0. The van der Waals surface area contributed by atoms with E-state index in [9.17, 15) is 19.8 Å². The third-order valence-electron chi connectivity index (χ3n) is 18.5. The van der Waals surface area contributed by atoms with Gasteiger partial charge in [-0.25, -0.2) is 0 Å². The number of carbonyl (C=O) groups excluding carboxylic acids is 2. The summed E-state index contributed by atoms with van der Waals surface area (Å²) in [5, 5.41) is 23.5. The van der Waals surface area contributed by atoms with Crippen LogP contribution in [-0.4, -0.2) is 47.4 Å². The number of ether oxygens (including phenoxy) is 1. The van der Waals surface area contributed by atoms with Crippen LogP contribution in [0.4, 0.5) is 0 Å². The van der Waals surface area contributed by atoms with Crippen molar-refractivity contribution in [1.29, 1.82) is 0 Å². The molecule has 0 aromatic rings. The lowest BCUT2D eigenvalue weighted by atomic mass is 10.0. The van der Waals surface area contributed by atoms with E-state index < -0.39 is 12.1 Å². The van der Waals surface area contributed by atoms with Crippen molar-refractivity contribution < 1.29 is 24.5 Å². The number of carbonyl (C=O) groups is 2. The van der Waals surface area contributed by atoms with Crippen molar-refractivity contribution in [1.82, 2.24) is 5.32 Å². The van der Waals surface area contributed by atoms with E-state index in [1.807, 2.05) is 0 Å². The Morgan fingerprint density at radius 1 is 0.318 bits per heavy atom. The lowest BCUT2D eigenvalue weighted by Gasteiger charge is -2.22. The number of aliphatic hydroxyl groups is 2. The van der Waals surface area contributed by atoms with Gasteiger partial charge in [0.05, 0.1) is 25.4 Å². The molecule has 0 aliphatic heterocycles. The highest BCUT2D eigenvalue weighted by Gasteiger charge is 2.20. The van der Waals surface area contributed by atoms with Gasteiger partial charge < -0.3 is 20.3 Å². The second-order valence-electron chi connectivity index (χ2n) is 27.0. The van der Waals surface area contributed by atoms with Gasteiger partial charge in [0.15, 0.2) is 0 Å². The van der Waals surface area contributed by atoms with Crippen LogP contribution < -0.4 is 5.32 Å². The third-order valence-corrected chi connectivity index (χ3v) is 18.5. The zero-order chi connectivity index (χ0) is 61.3. The first-order valence-corrected chi connectivity index (χ1v) is 39.1. The van der Waals surface area contributed by atoms with Gasteiger partial charge in [-0.3, -0.25) is 9.59 Å². The van der Waals surface area contributed by atoms with Gasteiger partial charge in [0.25, 0.3) is 0 Å². The van der Waals surface area contributed by atoms with Crippen molar-refractivity contribution >= 4 is 11.9 Å². The molecule has 0 aliphatic rings. The van der Waals surface area contributed by atoms with Crippen LogP contribution >= 0.6 is 0 Å². The quantitative estimate of drug-likeness (QED) is 0.0320. The number of amides is 1. The van der Waals surface area contributed by atoms with Crippen LogP contribution in [0.3, 0.4) is 0 Å². The summed E-state index contributed by atoms with van der Waals surface area (Å²) in [5.41, 5.74) is 0. The Morgan fingerprint density at radius 2 is 0.553 bits per heavy atom. The van der Waals surface area contributed by atoms with Crippen LogP contribution in [-0.2, 0) is 14.3 Å². The van der Waals surface area contributed by atoms with E-state index in [0.717, 1.165) is 44.9 Å². The minimum atomic E-state index is -0.666. The molecule has 0 saturated carbocycles. The highest BCUT2D eigenvalue weighted by molar-refractivity contribution is 5.76. The topological polar surface area (TPSA) is 95.9 Å². The Labute approximate surface area is 532 Å². The Hall–Kier alpha value is -1.66. The first-order chi connectivity index (χ1) is 42.0. The van der Waals surface area contributed by atoms with Crippen LogP contribution in [0.15, 0.2) is 24.3 Å². The van der Waals surface area contributed by atoms with Crippen LogP contribution in [0, 0.1) is 0 Å². The van der Waals surface area contributed by atoms with Crippen LogP contribution in [0.25, 0.3) is 0 Å². The normalized spacial score (nSPS) is 12.6. The SMILES string of the molecule is CCCCCCCC/C=C\CCCCCCCC(=O)OCCCCCCCCCCCCCC/C=C\CCCCCCCCCCCCCCC(=O)NC(CO)C(O)CCCCCCCCCCCCCCCCCCCCCCCCCCC. The van der Waals surface area contributed by atoms with Gasteiger partial charge in [0, 0.05) is 12.8 Å². The van der Waals surface area contributed by atoms with E-state index >= 15 is 0 Å². The molecular formula is C79H153NO5. The molecule has 6 nitrogen and oxygen atoms in total. The number of hydrogen-bond donors (Lipinski definition) is 3. The average molecular weight is 1200 g/mol. The second kappa shape index (κ2) is 74.8. The zero-order valence-electron chi connectivity index (χ0n) is 57.9. The van der Waals surface area contributed by atoms with Gasteiger partial charge in [0.2, 0.25) is 5.91 Å². The van der Waals surface area contributed by atoms with Gasteiger partial charge >= 0.3 is 5.97 Å². The molecule has 2 atom stereocenters. The molecule has 0 saturated heterocycles. The lowest BCUT2D eigenvalue weighted by Crippen LogP contribution is -2.45. The molecule has 0 bridgehead atoms. The molecule has 1 amide bonds. The maximum absolute atomic E-state index is 12.6. The molecule has 0 aliphatic carbocycles. The fourth-order valence-electron chi connectivity index (χ4n) is 12.5. The van der Waals surface area contributed by atoms with Gasteiger partial charge in [-0.2, -0.15) is 0 Å². The maximum Gasteiger partial charge on any atom is 0.305 e. The van der Waals surface area contributed by atoms with Crippen molar-refractivity contribution in [3.05, 3.63) is 24.3 Å². The van der Waals surface area contributed by atoms with E-state index in [2.05, 4.69) is 43.5 Å². The maximum atomic E-state index is 12.6. The Balaban J connectivity index is 3.38. The van der Waals surface area contributed by atoms with E-state index in [0.29, 0.717) is 25.9 Å². The largest absolute Gasteiger partial charge is 0.466 e. The Kier molecular flexibility index (Phi) is 73.3. The predicted molar refractivity (Wildman–Crippen MR) is 375 cm³/mol. The summed E-state index contributed by atoms with van der Waals surface area (Å²) in [5.74, 6) is -0.0203. The average Bonchev–Trinajstić information content (AvgIpc) is 3.51. The summed E-state index contributed by atoms with van der Waals surface area (Å²) < 4.78 is 5.49. The van der Waals surface area contributed by atoms with Gasteiger partial charge in [-0.15, -0.1) is 0 Å². The molecular weight excluding hydrogens is 1040 g/mol. The first kappa shape index (κ1) is 83.3. The molecule has 0 aromatic carbocycles.